The van der Waals surface area contributed by atoms with Gasteiger partial charge in [-0.15, -0.1) is 0 Å². The zero-order valence-electron chi connectivity index (χ0n) is 14.4. The van der Waals surface area contributed by atoms with E-state index in [-0.39, 0.29) is 0 Å². The molecule has 0 aliphatic rings. The van der Waals surface area contributed by atoms with Gasteiger partial charge in [-0.1, -0.05) is 29.8 Å². The van der Waals surface area contributed by atoms with Gasteiger partial charge in [-0.2, -0.15) is 0 Å². The number of benzene rings is 2. The molecule has 2 aromatic carbocycles. The van der Waals surface area contributed by atoms with Crippen LogP contribution in [0, 0.1) is 6.92 Å². The Morgan fingerprint density at radius 1 is 1.15 bits per heavy atom. The third kappa shape index (κ3) is 4.36. The Balaban J connectivity index is 1.56. The van der Waals surface area contributed by atoms with Crippen molar-refractivity contribution in [1.82, 2.24) is 4.98 Å². The van der Waals surface area contributed by atoms with Gasteiger partial charge in [-0.3, -0.25) is 4.79 Å². The average molecular weight is 350 g/mol. The Labute approximate surface area is 150 Å². The number of esters is 1. The molecule has 0 fully saturated rings. The molecule has 0 aliphatic carbocycles. The summed E-state index contributed by atoms with van der Waals surface area (Å²) in [5, 5.41) is 2.69. The molecule has 0 spiro atoms. The summed E-state index contributed by atoms with van der Waals surface area (Å²) in [6.45, 7) is 3.47. The zero-order valence-corrected chi connectivity index (χ0v) is 14.4. The molecule has 0 saturated carbocycles. The third-order valence-electron chi connectivity index (χ3n) is 3.65. The maximum atomic E-state index is 12.1. The number of fused-ring (bicyclic) bond motifs is 1. The number of rotatable bonds is 5. The van der Waals surface area contributed by atoms with Gasteiger partial charge in [0.2, 0.25) is 5.89 Å². The number of aryl methyl sites for hydroxylation is 1. The van der Waals surface area contributed by atoms with Crippen molar-refractivity contribution in [1.29, 1.82) is 0 Å². The van der Waals surface area contributed by atoms with E-state index in [9.17, 15) is 9.59 Å². The van der Waals surface area contributed by atoms with Crippen molar-refractivity contribution in [2.75, 3.05) is 5.32 Å². The van der Waals surface area contributed by atoms with Gasteiger partial charge in [0, 0.05) is 17.8 Å². The molecule has 6 heteroatoms. The highest BCUT2D eigenvalue weighted by Gasteiger charge is 2.16. The highest BCUT2D eigenvalue weighted by Crippen LogP contribution is 2.15. The number of nitrogens with zero attached hydrogens (tertiary/aromatic N) is 1. The molecule has 3 rings (SSSR count). The molecule has 1 amide bonds. The van der Waals surface area contributed by atoms with E-state index < -0.39 is 18.0 Å². The minimum atomic E-state index is -0.933. The Hall–Kier alpha value is -3.41. The second-order valence-electron chi connectivity index (χ2n) is 5.79. The summed E-state index contributed by atoms with van der Waals surface area (Å²) in [6.07, 6.45) is 1.66. The fourth-order valence-corrected chi connectivity index (χ4v) is 2.25. The van der Waals surface area contributed by atoms with E-state index in [0.717, 1.165) is 5.56 Å². The van der Waals surface area contributed by atoms with Gasteiger partial charge in [0.15, 0.2) is 11.7 Å². The number of carbonyl (C=O) groups is 2. The molecule has 0 unspecified atom stereocenters. The quantitative estimate of drug-likeness (QED) is 0.560. The Morgan fingerprint density at radius 3 is 2.62 bits per heavy atom. The molecule has 132 valence electrons. The Kier molecular flexibility index (Phi) is 5.12. The molecular weight excluding hydrogens is 332 g/mol. The molecular formula is C20H18N2O4. The highest BCUT2D eigenvalue weighted by atomic mass is 16.5. The van der Waals surface area contributed by atoms with Crippen molar-refractivity contribution in [3.05, 3.63) is 66.1 Å². The van der Waals surface area contributed by atoms with Gasteiger partial charge in [-0.25, -0.2) is 9.78 Å². The first kappa shape index (κ1) is 17.4. The molecule has 0 bridgehead atoms. The average Bonchev–Trinajstić information content (AvgIpc) is 3.05. The van der Waals surface area contributed by atoms with Crippen molar-refractivity contribution in [3.63, 3.8) is 0 Å². The van der Waals surface area contributed by atoms with Crippen molar-refractivity contribution >= 4 is 34.7 Å². The van der Waals surface area contributed by atoms with Crippen molar-refractivity contribution in [2.24, 2.45) is 0 Å². The summed E-state index contributed by atoms with van der Waals surface area (Å²) >= 11 is 0. The molecule has 6 nitrogen and oxygen atoms in total. The first-order chi connectivity index (χ1) is 12.5. The summed E-state index contributed by atoms with van der Waals surface area (Å²) in [5.41, 5.74) is 3.06. The minimum Gasteiger partial charge on any atom is -0.449 e. The number of hydrogen-bond donors (Lipinski definition) is 1. The van der Waals surface area contributed by atoms with Crippen molar-refractivity contribution < 1.29 is 18.7 Å². The molecule has 0 radical (unpaired) electrons. The topological polar surface area (TPSA) is 81.4 Å². The monoisotopic (exact) mass is 350 g/mol. The van der Waals surface area contributed by atoms with Crippen LogP contribution in [-0.2, 0) is 14.3 Å². The largest absolute Gasteiger partial charge is 0.449 e. The lowest BCUT2D eigenvalue weighted by molar-refractivity contribution is -0.148. The molecule has 3 aromatic rings. The smallest absolute Gasteiger partial charge is 0.331 e. The Bertz CT molecular complexity index is 924. The van der Waals surface area contributed by atoms with Crippen LogP contribution in [0.3, 0.4) is 0 Å². The lowest BCUT2D eigenvalue weighted by Gasteiger charge is -2.12. The summed E-state index contributed by atoms with van der Waals surface area (Å²) < 4.78 is 10.6. The first-order valence-electron chi connectivity index (χ1n) is 8.13. The van der Waals surface area contributed by atoms with Crippen LogP contribution in [0.1, 0.15) is 18.4 Å². The van der Waals surface area contributed by atoms with Crippen LogP contribution < -0.4 is 5.32 Å². The lowest BCUT2D eigenvalue weighted by Crippen LogP contribution is -2.29. The maximum absolute atomic E-state index is 12.1. The van der Waals surface area contributed by atoms with Gasteiger partial charge >= 0.3 is 5.97 Å². The van der Waals surface area contributed by atoms with Crippen LogP contribution in [0.5, 0.6) is 0 Å². The fraction of sp³-hybridized carbons (Fsp3) is 0.150. The first-order valence-corrected chi connectivity index (χ1v) is 8.13. The molecule has 1 N–H and O–H groups in total. The normalized spacial score (nSPS) is 12.2. The van der Waals surface area contributed by atoms with Crippen LogP contribution in [0.2, 0.25) is 0 Å². The molecule has 1 aromatic heterocycles. The van der Waals surface area contributed by atoms with E-state index in [1.807, 2.05) is 37.3 Å². The van der Waals surface area contributed by atoms with Crippen molar-refractivity contribution in [3.8, 4) is 0 Å². The van der Waals surface area contributed by atoms with Crippen molar-refractivity contribution in [2.45, 2.75) is 20.0 Å². The number of oxazole rings is 1. The van der Waals surface area contributed by atoms with Gasteiger partial charge in [-0.05, 0) is 38.1 Å². The predicted molar refractivity (Wildman–Crippen MR) is 98.4 cm³/mol. The van der Waals surface area contributed by atoms with Gasteiger partial charge in [0.1, 0.15) is 5.52 Å². The Morgan fingerprint density at radius 2 is 1.88 bits per heavy atom. The summed E-state index contributed by atoms with van der Waals surface area (Å²) in [7, 11) is 0. The zero-order chi connectivity index (χ0) is 18.5. The minimum absolute atomic E-state index is 0.292. The number of aromatic nitrogens is 1. The van der Waals surface area contributed by atoms with Crippen LogP contribution >= 0.6 is 0 Å². The van der Waals surface area contributed by atoms with Gasteiger partial charge < -0.3 is 14.5 Å². The van der Waals surface area contributed by atoms with Crippen LogP contribution in [0.4, 0.5) is 5.69 Å². The summed E-state index contributed by atoms with van der Waals surface area (Å²) in [5.74, 6) is -0.767. The third-order valence-corrected chi connectivity index (χ3v) is 3.65. The summed E-state index contributed by atoms with van der Waals surface area (Å²) in [6, 6.07) is 14.6. The number of hydrogen-bond acceptors (Lipinski definition) is 5. The molecule has 26 heavy (non-hydrogen) atoms. The molecule has 1 atom stereocenters. The molecule has 0 aliphatic heterocycles. The van der Waals surface area contributed by atoms with E-state index in [2.05, 4.69) is 10.3 Å². The van der Waals surface area contributed by atoms with E-state index >= 15 is 0 Å². The molecule has 0 saturated heterocycles. The standard InChI is InChI=1S/C20H18N2O4/c1-13-7-9-15(10-8-13)21-20(24)14(2)25-19(23)12-11-18-22-16-5-3-4-6-17(16)26-18/h3-12,14H,1-2H3,(H,21,24)/b12-11+/t14-/m0/s1. The van der Waals surface area contributed by atoms with Gasteiger partial charge in [0.05, 0.1) is 0 Å². The van der Waals surface area contributed by atoms with E-state index in [1.165, 1.54) is 19.1 Å². The van der Waals surface area contributed by atoms with Crippen LogP contribution in [0.25, 0.3) is 17.2 Å². The SMILES string of the molecule is Cc1ccc(NC(=O)[C@H](C)OC(=O)/C=C/c2nc3ccccc3o2)cc1. The second kappa shape index (κ2) is 7.65. The van der Waals surface area contributed by atoms with E-state index in [4.69, 9.17) is 9.15 Å². The number of anilines is 1. The predicted octanol–water partition coefficient (Wildman–Crippen LogP) is 3.72. The number of para-hydroxylation sites is 2. The fourth-order valence-electron chi connectivity index (χ4n) is 2.25. The second-order valence-corrected chi connectivity index (χ2v) is 5.79. The number of ether oxygens (including phenoxy) is 1. The van der Waals surface area contributed by atoms with E-state index in [1.54, 1.807) is 18.2 Å². The van der Waals surface area contributed by atoms with E-state index in [0.29, 0.717) is 22.7 Å². The maximum Gasteiger partial charge on any atom is 0.331 e. The molecule has 1 heterocycles. The highest BCUT2D eigenvalue weighted by molar-refractivity contribution is 5.96. The van der Waals surface area contributed by atoms with Crippen LogP contribution in [-0.4, -0.2) is 23.0 Å². The van der Waals surface area contributed by atoms with Crippen LogP contribution in [0.15, 0.2) is 59.0 Å². The summed E-state index contributed by atoms with van der Waals surface area (Å²) in [4.78, 5) is 28.2. The number of amides is 1. The number of carbonyl (C=O) groups excluding carboxylic acids is 2. The van der Waals surface area contributed by atoms with Gasteiger partial charge in [0.25, 0.3) is 5.91 Å². The lowest BCUT2D eigenvalue weighted by atomic mass is 10.2. The number of nitrogens with one attached hydrogen (secondary N) is 1.